The van der Waals surface area contributed by atoms with Gasteiger partial charge in [0.25, 0.3) is 5.76 Å². The maximum atomic E-state index is 12.2. The standard InChI is InChI=1S/C16H19F2NO2S/c1-11-9-19(10-12(2)21-11)15(20)8-5-13-3-6-14(7-4-13)22-16(17)18/h3-8,11-12,16H,9-10H2,1-2H3. The molecule has 0 saturated carbocycles. The predicted octanol–water partition coefficient (Wildman–Crippen LogP) is 3.65. The number of benzene rings is 1. The quantitative estimate of drug-likeness (QED) is 0.624. The maximum Gasteiger partial charge on any atom is 0.288 e. The van der Waals surface area contributed by atoms with Gasteiger partial charge in [0.15, 0.2) is 0 Å². The first-order chi connectivity index (χ1) is 10.4. The molecule has 0 N–H and O–H groups in total. The first-order valence-corrected chi connectivity index (χ1v) is 7.99. The average molecular weight is 327 g/mol. The van der Waals surface area contributed by atoms with Crippen molar-refractivity contribution in [1.82, 2.24) is 4.90 Å². The lowest BCUT2D eigenvalue weighted by Crippen LogP contribution is -2.47. The summed E-state index contributed by atoms with van der Waals surface area (Å²) in [6, 6.07) is 6.69. The largest absolute Gasteiger partial charge is 0.372 e. The van der Waals surface area contributed by atoms with E-state index in [1.54, 1.807) is 35.2 Å². The summed E-state index contributed by atoms with van der Waals surface area (Å²) in [7, 11) is 0. The smallest absolute Gasteiger partial charge is 0.288 e. The number of hydrogen-bond acceptors (Lipinski definition) is 3. The van der Waals surface area contributed by atoms with Crippen LogP contribution < -0.4 is 0 Å². The molecule has 0 spiro atoms. The van der Waals surface area contributed by atoms with E-state index in [2.05, 4.69) is 0 Å². The molecule has 2 unspecified atom stereocenters. The Balaban J connectivity index is 1.94. The highest BCUT2D eigenvalue weighted by molar-refractivity contribution is 7.99. The van der Waals surface area contributed by atoms with E-state index in [1.165, 1.54) is 6.08 Å². The molecule has 0 bridgehead atoms. The molecule has 3 nitrogen and oxygen atoms in total. The van der Waals surface area contributed by atoms with Crippen LogP contribution in [0.1, 0.15) is 19.4 Å². The number of carbonyl (C=O) groups excluding carboxylic acids is 1. The first kappa shape index (κ1) is 17.0. The van der Waals surface area contributed by atoms with Crippen molar-refractivity contribution in [1.29, 1.82) is 0 Å². The van der Waals surface area contributed by atoms with Gasteiger partial charge in [-0.3, -0.25) is 4.79 Å². The molecule has 0 radical (unpaired) electrons. The zero-order valence-corrected chi connectivity index (χ0v) is 13.4. The highest BCUT2D eigenvalue weighted by Crippen LogP contribution is 2.25. The minimum Gasteiger partial charge on any atom is -0.372 e. The van der Waals surface area contributed by atoms with Gasteiger partial charge in [-0.15, -0.1) is 0 Å². The Kier molecular flexibility index (Phi) is 5.97. The SMILES string of the molecule is CC1CN(C(=O)C=Cc2ccc(SC(F)F)cc2)CC(C)O1. The van der Waals surface area contributed by atoms with Crippen LogP contribution in [0, 0.1) is 0 Å². The maximum absolute atomic E-state index is 12.2. The average Bonchev–Trinajstić information content (AvgIpc) is 2.44. The van der Waals surface area contributed by atoms with Gasteiger partial charge in [-0.1, -0.05) is 23.9 Å². The Morgan fingerprint density at radius 3 is 2.41 bits per heavy atom. The Bertz CT molecular complexity index is 523. The highest BCUT2D eigenvalue weighted by Gasteiger charge is 2.24. The van der Waals surface area contributed by atoms with Crippen LogP contribution in [-0.2, 0) is 9.53 Å². The lowest BCUT2D eigenvalue weighted by Gasteiger charge is -2.34. The molecule has 1 aliphatic rings. The molecule has 2 rings (SSSR count). The monoisotopic (exact) mass is 327 g/mol. The number of hydrogen-bond donors (Lipinski definition) is 0. The molecule has 1 aromatic carbocycles. The molecule has 1 fully saturated rings. The molecule has 0 aliphatic carbocycles. The Morgan fingerprint density at radius 1 is 1.27 bits per heavy atom. The normalized spacial score (nSPS) is 22.5. The van der Waals surface area contributed by atoms with Crippen LogP contribution in [0.25, 0.3) is 6.08 Å². The lowest BCUT2D eigenvalue weighted by molar-refractivity contribution is -0.137. The van der Waals surface area contributed by atoms with E-state index >= 15 is 0 Å². The van der Waals surface area contributed by atoms with Gasteiger partial charge in [-0.05, 0) is 37.6 Å². The molecule has 1 amide bonds. The van der Waals surface area contributed by atoms with Crippen LogP contribution in [0.5, 0.6) is 0 Å². The molecular weight excluding hydrogens is 308 g/mol. The summed E-state index contributed by atoms with van der Waals surface area (Å²) < 4.78 is 30.1. The topological polar surface area (TPSA) is 29.5 Å². The van der Waals surface area contributed by atoms with Gasteiger partial charge in [0.1, 0.15) is 0 Å². The van der Waals surface area contributed by atoms with Gasteiger partial charge in [0, 0.05) is 24.1 Å². The van der Waals surface area contributed by atoms with Gasteiger partial charge < -0.3 is 9.64 Å². The lowest BCUT2D eigenvalue weighted by atomic mass is 10.2. The van der Waals surface area contributed by atoms with Crippen LogP contribution in [0.4, 0.5) is 8.78 Å². The van der Waals surface area contributed by atoms with E-state index in [0.29, 0.717) is 29.7 Å². The third-order valence-electron chi connectivity index (χ3n) is 3.25. The van der Waals surface area contributed by atoms with Crippen molar-refractivity contribution in [3.8, 4) is 0 Å². The highest BCUT2D eigenvalue weighted by atomic mass is 32.2. The second-order valence-electron chi connectivity index (χ2n) is 5.28. The number of ether oxygens (including phenoxy) is 1. The first-order valence-electron chi connectivity index (χ1n) is 7.11. The predicted molar refractivity (Wildman–Crippen MR) is 83.9 cm³/mol. The fourth-order valence-corrected chi connectivity index (χ4v) is 2.89. The number of morpholine rings is 1. The molecule has 1 saturated heterocycles. The number of thioether (sulfide) groups is 1. The van der Waals surface area contributed by atoms with Crippen molar-refractivity contribution in [3.63, 3.8) is 0 Å². The van der Waals surface area contributed by atoms with E-state index in [1.807, 2.05) is 13.8 Å². The fourth-order valence-electron chi connectivity index (χ4n) is 2.39. The summed E-state index contributed by atoms with van der Waals surface area (Å²) >= 11 is 0.508. The van der Waals surface area contributed by atoms with Crippen molar-refractivity contribution in [3.05, 3.63) is 35.9 Å². The van der Waals surface area contributed by atoms with Crippen LogP contribution in [0.2, 0.25) is 0 Å². The van der Waals surface area contributed by atoms with Crippen LogP contribution in [-0.4, -0.2) is 41.9 Å². The summed E-state index contributed by atoms with van der Waals surface area (Å²) in [5.74, 6) is -2.48. The summed E-state index contributed by atoms with van der Waals surface area (Å²) in [5, 5.41) is 0. The van der Waals surface area contributed by atoms with Crippen molar-refractivity contribution in [2.24, 2.45) is 0 Å². The fraction of sp³-hybridized carbons (Fsp3) is 0.438. The van der Waals surface area contributed by atoms with Crippen molar-refractivity contribution in [2.75, 3.05) is 13.1 Å². The molecule has 2 atom stereocenters. The molecule has 1 heterocycles. The van der Waals surface area contributed by atoms with Crippen molar-refractivity contribution >= 4 is 23.7 Å². The summed E-state index contributed by atoms with van der Waals surface area (Å²) in [6.07, 6.45) is 3.28. The van der Waals surface area contributed by atoms with Crippen molar-refractivity contribution in [2.45, 2.75) is 36.7 Å². The summed E-state index contributed by atoms with van der Waals surface area (Å²) in [4.78, 5) is 14.4. The zero-order valence-electron chi connectivity index (χ0n) is 12.5. The minimum absolute atomic E-state index is 0.0340. The number of nitrogens with zero attached hydrogens (tertiary/aromatic N) is 1. The van der Waals surface area contributed by atoms with Gasteiger partial charge in [0.05, 0.1) is 12.2 Å². The number of halogens is 2. The molecule has 6 heteroatoms. The van der Waals surface area contributed by atoms with E-state index in [-0.39, 0.29) is 18.1 Å². The second kappa shape index (κ2) is 7.74. The Labute approximate surface area is 133 Å². The Morgan fingerprint density at radius 2 is 1.86 bits per heavy atom. The van der Waals surface area contributed by atoms with Gasteiger partial charge in [-0.25, -0.2) is 0 Å². The van der Waals surface area contributed by atoms with E-state index < -0.39 is 5.76 Å². The van der Waals surface area contributed by atoms with E-state index in [4.69, 9.17) is 4.74 Å². The van der Waals surface area contributed by atoms with Gasteiger partial charge >= 0.3 is 0 Å². The molecule has 1 aliphatic heterocycles. The van der Waals surface area contributed by atoms with Crippen LogP contribution in [0.15, 0.2) is 35.2 Å². The third kappa shape index (κ3) is 5.10. The number of carbonyl (C=O) groups is 1. The van der Waals surface area contributed by atoms with E-state index in [0.717, 1.165) is 5.56 Å². The van der Waals surface area contributed by atoms with Crippen LogP contribution >= 0.6 is 11.8 Å². The summed E-state index contributed by atoms with van der Waals surface area (Å²) in [5.41, 5.74) is 0.807. The van der Waals surface area contributed by atoms with E-state index in [9.17, 15) is 13.6 Å². The second-order valence-corrected chi connectivity index (χ2v) is 6.34. The summed E-state index contributed by atoms with van der Waals surface area (Å²) in [6.45, 7) is 5.05. The molecule has 22 heavy (non-hydrogen) atoms. The molecule has 0 aromatic heterocycles. The molecule has 1 aromatic rings. The third-order valence-corrected chi connectivity index (χ3v) is 3.98. The minimum atomic E-state index is -2.42. The number of alkyl halides is 2. The zero-order chi connectivity index (χ0) is 16.1. The van der Waals surface area contributed by atoms with Gasteiger partial charge in [0.2, 0.25) is 5.91 Å². The number of rotatable bonds is 4. The molecule has 120 valence electrons. The molecular formula is C16H19F2NO2S. The van der Waals surface area contributed by atoms with Crippen LogP contribution in [0.3, 0.4) is 0 Å². The number of amides is 1. The van der Waals surface area contributed by atoms with Crippen molar-refractivity contribution < 1.29 is 18.3 Å². The van der Waals surface area contributed by atoms with Gasteiger partial charge in [-0.2, -0.15) is 8.78 Å². The Hall–Kier alpha value is -1.40.